The van der Waals surface area contributed by atoms with E-state index in [0.717, 1.165) is 18.7 Å². The van der Waals surface area contributed by atoms with Gasteiger partial charge in [-0.25, -0.2) is 10.1 Å². The Bertz CT molecular complexity index is 991. The number of amides is 1. The number of rotatable bonds is 8. The molecule has 0 atom stereocenters. The summed E-state index contributed by atoms with van der Waals surface area (Å²) in [7, 11) is 0. The number of hydrogen-bond donors (Lipinski definition) is 2. The molecule has 152 valence electrons. The summed E-state index contributed by atoms with van der Waals surface area (Å²) in [6, 6.07) is 3.59. The summed E-state index contributed by atoms with van der Waals surface area (Å²) in [5.41, 5.74) is 10.4. The van der Waals surface area contributed by atoms with E-state index in [-0.39, 0.29) is 17.3 Å². The van der Waals surface area contributed by atoms with Crippen LogP contribution in [0.1, 0.15) is 42.5 Å². The molecule has 1 amide bonds. The average molecular weight is 398 g/mol. The lowest BCUT2D eigenvalue weighted by atomic mass is 10.2. The number of hydrogen-bond acceptors (Lipinski definition) is 10. The molecular weight excluding hydrogens is 376 g/mol. The molecule has 0 spiro atoms. The summed E-state index contributed by atoms with van der Waals surface area (Å²) in [6.45, 7) is 7.83. The lowest BCUT2D eigenvalue weighted by Gasteiger charge is -2.16. The molecule has 0 fully saturated rings. The SMILES string of the molecule is CCN(CC)Cc1nnn(-c2nonc2N)c1C(=O)N/N=C(\C)c1ccncc1. The summed E-state index contributed by atoms with van der Waals surface area (Å²) < 4.78 is 5.84. The van der Waals surface area contributed by atoms with Crippen LogP contribution in [-0.2, 0) is 6.54 Å². The first kappa shape index (κ1) is 20.1. The zero-order valence-electron chi connectivity index (χ0n) is 16.4. The average Bonchev–Trinajstić information content (AvgIpc) is 3.36. The van der Waals surface area contributed by atoms with Gasteiger partial charge in [0.25, 0.3) is 5.91 Å². The van der Waals surface area contributed by atoms with Crippen molar-refractivity contribution in [3.8, 4) is 5.82 Å². The molecule has 3 rings (SSSR count). The van der Waals surface area contributed by atoms with Crippen molar-refractivity contribution >= 4 is 17.4 Å². The Kier molecular flexibility index (Phi) is 6.24. The number of anilines is 1. The topological polar surface area (TPSA) is 153 Å². The third-order valence-corrected chi connectivity index (χ3v) is 4.34. The molecule has 29 heavy (non-hydrogen) atoms. The highest BCUT2D eigenvalue weighted by atomic mass is 16.6. The number of nitrogens with one attached hydrogen (secondary N) is 1. The van der Waals surface area contributed by atoms with Gasteiger partial charge in [-0.3, -0.25) is 14.7 Å². The van der Waals surface area contributed by atoms with Crippen molar-refractivity contribution in [2.45, 2.75) is 27.3 Å². The quantitative estimate of drug-likeness (QED) is 0.410. The molecule has 12 heteroatoms. The van der Waals surface area contributed by atoms with Crippen molar-refractivity contribution in [3.05, 3.63) is 41.5 Å². The van der Waals surface area contributed by atoms with E-state index in [4.69, 9.17) is 5.73 Å². The normalized spacial score (nSPS) is 11.8. The minimum atomic E-state index is -0.507. The molecule has 0 aliphatic rings. The van der Waals surface area contributed by atoms with Gasteiger partial charge in [0, 0.05) is 24.5 Å². The van der Waals surface area contributed by atoms with Gasteiger partial charge in [-0.15, -0.1) is 5.10 Å². The van der Waals surface area contributed by atoms with E-state index in [2.05, 4.69) is 45.7 Å². The summed E-state index contributed by atoms with van der Waals surface area (Å²) in [4.78, 5) is 19.0. The van der Waals surface area contributed by atoms with Gasteiger partial charge < -0.3 is 5.73 Å². The van der Waals surface area contributed by atoms with Crippen LogP contribution in [-0.4, -0.2) is 59.9 Å². The zero-order valence-corrected chi connectivity index (χ0v) is 16.4. The van der Waals surface area contributed by atoms with Gasteiger partial charge in [0.1, 0.15) is 5.69 Å². The monoisotopic (exact) mass is 398 g/mol. The largest absolute Gasteiger partial charge is 0.378 e. The van der Waals surface area contributed by atoms with Crippen LogP contribution in [0, 0.1) is 0 Å². The van der Waals surface area contributed by atoms with Crippen LogP contribution in [0.3, 0.4) is 0 Å². The van der Waals surface area contributed by atoms with E-state index in [1.54, 1.807) is 31.5 Å². The van der Waals surface area contributed by atoms with Gasteiger partial charge in [0.2, 0.25) is 11.6 Å². The van der Waals surface area contributed by atoms with E-state index in [0.29, 0.717) is 18.0 Å². The number of nitrogens with zero attached hydrogens (tertiary/aromatic N) is 8. The fourth-order valence-corrected chi connectivity index (χ4v) is 2.64. The maximum absolute atomic E-state index is 13.0. The first-order valence-corrected chi connectivity index (χ1v) is 9.05. The molecule has 0 saturated carbocycles. The van der Waals surface area contributed by atoms with Gasteiger partial charge in [0.15, 0.2) is 5.69 Å². The van der Waals surface area contributed by atoms with E-state index in [1.165, 1.54) is 4.68 Å². The van der Waals surface area contributed by atoms with Gasteiger partial charge in [0.05, 0.1) is 5.71 Å². The predicted octanol–water partition coefficient (Wildman–Crippen LogP) is 0.623. The van der Waals surface area contributed by atoms with Crippen LogP contribution >= 0.6 is 0 Å². The number of carbonyl (C=O) groups excluding carboxylic acids is 1. The first-order valence-electron chi connectivity index (χ1n) is 9.05. The van der Waals surface area contributed by atoms with Crippen molar-refractivity contribution in [2.75, 3.05) is 18.8 Å². The van der Waals surface area contributed by atoms with Crippen LogP contribution in [0.4, 0.5) is 5.82 Å². The summed E-state index contributed by atoms with van der Waals surface area (Å²) in [5, 5.41) is 19.6. The van der Waals surface area contributed by atoms with Crippen LogP contribution in [0.25, 0.3) is 5.82 Å². The van der Waals surface area contributed by atoms with E-state index in [9.17, 15) is 4.79 Å². The second-order valence-corrected chi connectivity index (χ2v) is 6.11. The molecule has 0 aliphatic heterocycles. The van der Waals surface area contributed by atoms with Crippen molar-refractivity contribution in [1.82, 2.24) is 40.6 Å². The van der Waals surface area contributed by atoms with Crippen LogP contribution in [0.2, 0.25) is 0 Å². The Hall–Kier alpha value is -3.67. The highest BCUT2D eigenvalue weighted by Crippen LogP contribution is 2.17. The van der Waals surface area contributed by atoms with Crippen LogP contribution < -0.4 is 11.2 Å². The molecule has 0 radical (unpaired) electrons. The Labute approximate surface area is 166 Å². The van der Waals surface area contributed by atoms with Crippen LogP contribution in [0.15, 0.2) is 34.3 Å². The highest BCUT2D eigenvalue weighted by molar-refractivity contribution is 6.00. The third-order valence-electron chi connectivity index (χ3n) is 4.34. The molecule has 0 unspecified atom stereocenters. The second-order valence-electron chi connectivity index (χ2n) is 6.11. The Morgan fingerprint density at radius 1 is 1.28 bits per heavy atom. The van der Waals surface area contributed by atoms with Crippen molar-refractivity contribution < 1.29 is 9.42 Å². The Morgan fingerprint density at radius 3 is 2.62 bits per heavy atom. The van der Waals surface area contributed by atoms with Crippen molar-refractivity contribution in [3.63, 3.8) is 0 Å². The molecule has 0 bridgehead atoms. The summed E-state index contributed by atoms with van der Waals surface area (Å²) in [6.07, 6.45) is 3.30. The summed E-state index contributed by atoms with van der Waals surface area (Å²) in [5.74, 6) is -0.425. The van der Waals surface area contributed by atoms with Crippen molar-refractivity contribution in [1.29, 1.82) is 0 Å². The summed E-state index contributed by atoms with van der Waals surface area (Å²) >= 11 is 0. The molecule has 0 aliphatic carbocycles. The number of hydrazone groups is 1. The fourth-order valence-electron chi connectivity index (χ4n) is 2.64. The maximum atomic E-state index is 13.0. The highest BCUT2D eigenvalue weighted by Gasteiger charge is 2.25. The van der Waals surface area contributed by atoms with Crippen LogP contribution in [0.5, 0.6) is 0 Å². The molecule has 0 aromatic carbocycles. The van der Waals surface area contributed by atoms with Gasteiger partial charge in [-0.2, -0.15) is 9.78 Å². The number of carbonyl (C=O) groups is 1. The third kappa shape index (κ3) is 4.43. The van der Waals surface area contributed by atoms with Gasteiger partial charge in [-0.05, 0) is 42.5 Å². The number of pyridine rings is 1. The minimum absolute atomic E-state index is 0.00481. The predicted molar refractivity (Wildman–Crippen MR) is 104 cm³/mol. The number of nitrogens with two attached hydrogens (primary N) is 1. The van der Waals surface area contributed by atoms with Gasteiger partial charge >= 0.3 is 0 Å². The zero-order chi connectivity index (χ0) is 20.8. The lowest BCUT2D eigenvalue weighted by Crippen LogP contribution is -2.27. The molecule has 3 N–H and O–H groups in total. The molecule has 3 heterocycles. The number of nitrogen functional groups attached to an aromatic ring is 1. The molecule has 0 saturated heterocycles. The second kappa shape index (κ2) is 9.01. The van der Waals surface area contributed by atoms with E-state index >= 15 is 0 Å². The molecule has 12 nitrogen and oxygen atoms in total. The fraction of sp³-hybridized carbons (Fsp3) is 0.353. The van der Waals surface area contributed by atoms with Crippen molar-refractivity contribution in [2.24, 2.45) is 5.10 Å². The Balaban J connectivity index is 1.93. The maximum Gasteiger partial charge on any atom is 0.292 e. The molecular formula is C17H22N10O2. The van der Waals surface area contributed by atoms with Gasteiger partial charge in [-0.1, -0.05) is 19.1 Å². The van der Waals surface area contributed by atoms with E-state index in [1.807, 2.05) is 13.8 Å². The standard InChI is InChI=1S/C17H22N10O2/c1-4-26(5-2)10-13-14(27(25-21-13)16-15(18)23-29-24-16)17(28)22-20-11(3)12-6-8-19-9-7-12/h6-9H,4-5,10H2,1-3H3,(H2,18,23)(H,22,28)/b20-11+. The first-order chi connectivity index (χ1) is 14.0. The molecule has 3 aromatic heterocycles. The smallest absolute Gasteiger partial charge is 0.292 e. The lowest BCUT2D eigenvalue weighted by molar-refractivity contribution is 0.0944. The van der Waals surface area contributed by atoms with E-state index < -0.39 is 5.91 Å². The molecule has 3 aromatic rings. The Morgan fingerprint density at radius 2 is 2.00 bits per heavy atom. The number of aromatic nitrogens is 6. The minimum Gasteiger partial charge on any atom is -0.378 e.